The molecule has 3 rings (SSSR count). The predicted octanol–water partition coefficient (Wildman–Crippen LogP) is 5.14. The largest absolute Gasteiger partial charge is 0.365 e. The molecule has 3 aromatic rings. The standard InChI is InChI=1S/C18H18N4OS.C6H14.C2H5NO/c1-19-18-21-16(12-24-18)15-5-3-4-13(10-15)14-6-7-20-17(11-14)22(2)8-9-23;1-5-6(2,3)4;3-1-2-4/h3-7,9-12H,8H2,1-2H3,(H,19,21);5H2,1-4H3;2H,1,3H2. The van der Waals surface area contributed by atoms with Gasteiger partial charge in [-0.15, -0.1) is 11.3 Å². The van der Waals surface area contributed by atoms with Crippen LogP contribution in [0.25, 0.3) is 22.4 Å². The highest BCUT2D eigenvalue weighted by molar-refractivity contribution is 7.14. The molecule has 0 fully saturated rings. The molecule has 0 spiro atoms. The van der Waals surface area contributed by atoms with Gasteiger partial charge in [0.05, 0.1) is 12.2 Å². The number of nitrogens with one attached hydrogen (secondary N) is 1. The Kier molecular flexibility index (Phi) is 12.7. The van der Waals surface area contributed by atoms with Gasteiger partial charge in [0.25, 0.3) is 0 Å². The fourth-order valence-corrected chi connectivity index (χ4v) is 3.07. The number of anilines is 2. The number of carbonyl (C=O) groups excluding carboxylic acids is 2. The molecule has 7 nitrogen and oxygen atoms in total. The summed E-state index contributed by atoms with van der Waals surface area (Å²) in [7, 11) is 3.72. The molecule has 0 amide bonds. The summed E-state index contributed by atoms with van der Waals surface area (Å²) in [6.45, 7) is 9.40. The number of pyridine rings is 1. The van der Waals surface area contributed by atoms with Crippen LogP contribution in [-0.2, 0) is 9.59 Å². The van der Waals surface area contributed by atoms with Crippen molar-refractivity contribution in [1.82, 2.24) is 9.97 Å². The number of aldehydes is 2. The second kappa shape index (κ2) is 14.9. The van der Waals surface area contributed by atoms with E-state index in [1.165, 1.54) is 6.42 Å². The number of carbonyl (C=O) groups is 2. The zero-order valence-electron chi connectivity index (χ0n) is 21.0. The van der Waals surface area contributed by atoms with E-state index >= 15 is 0 Å². The van der Waals surface area contributed by atoms with Crippen LogP contribution < -0.4 is 16.0 Å². The molecule has 8 heteroatoms. The van der Waals surface area contributed by atoms with Gasteiger partial charge in [-0.05, 0) is 34.7 Å². The van der Waals surface area contributed by atoms with Crippen molar-refractivity contribution in [1.29, 1.82) is 0 Å². The van der Waals surface area contributed by atoms with E-state index < -0.39 is 0 Å². The smallest absolute Gasteiger partial charge is 0.182 e. The number of thiazole rings is 1. The molecule has 34 heavy (non-hydrogen) atoms. The Labute approximate surface area is 207 Å². The first-order valence-corrected chi connectivity index (χ1v) is 12.1. The fourth-order valence-electron chi connectivity index (χ4n) is 2.39. The molecular weight excluding hydrogens is 446 g/mol. The molecular formula is C26H37N5O2S. The molecule has 0 bridgehead atoms. The lowest BCUT2D eigenvalue weighted by Crippen LogP contribution is -2.20. The summed E-state index contributed by atoms with van der Waals surface area (Å²) in [5.41, 5.74) is 9.38. The van der Waals surface area contributed by atoms with Gasteiger partial charge < -0.3 is 25.5 Å². The number of nitrogens with two attached hydrogens (primary N) is 1. The van der Waals surface area contributed by atoms with Crippen LogP contribution in [0, 0.1) is 5.41 Å². The van der Waals surface area contributed by atoms with Crippen LogP contribution >= 0.6 is 11.3 Å². The van der Waals surface area contributed by atoms with Crippen molar-refractivity contribution in [3.8, 4) is 22.4 Å². The molecule has 0 saturated carbocycles. The SMILES string of the molecule is CCC(C)(C)C.CNc1nc(-c2cccc(-c3ccnc(N(C)CC=O)c3)c2)cs1.NCC=O. The first-order chi connectivity index (χ1) is 16.2. The zero-order chi connectivity index (χ0) is 25.6. The highest BCUT2D eigenvalue weighted by Gasteiger charge is 2.08. The van der Waals surface area contributed by atoms with E-state index in [1.807, 2.05) is 42.6 Å². The quantitative estimate of drug-likeness (QED) is 0.449. The monoisotopic (exact) mass is 483 g/mol. The maximum Gasteiger partial charge on any atom is 0.182 e. The second-order valence-corrected chi connectivity index (χ2v) is 9.49. The molecule has 0 radical (unpaired) electrons. The van der Waals surface area contributed by atoms with Crippen molar-refractivity contribution in [2.75, 3.05) is 37.4 Å². The average Bonchev–Trinajstić information content (AvgIpc) is 3.34. The summed E-state index contributed by atoms with van der Waals surface area (Å²) >= 11 is 1.59. The maximum absolute atomic E-state index is 10.7. The third kappa shape index (κ3) is 10.2. The summed E-state index contributed by atoms with van der Waals surface area (Å²) in [5, 5.41) is 6.00. The van der Waals surface area contributed by atoms with Crippen LogP contribution in [0.4, 0.5) is 10.9 Å². The number of nitrogens with zero attached hydrogens (tertiary/aromatic N) is 3. The molecule has 0 atom stereocenters. The lowest BCUT2D eigenvalue weighted by atomic mass is 9.94. The second-order valence-electron chi connectivity index (χ2n) is 8.64. The van der Waals surface area contributed by atoms with Gasteiger partial charge in [-0.1, -0.05) is 52.3 Å². The minimum absolute atomic E-state index is 0.139. The first-order valence-electron chi connectivity index (χ1n) is 11.2. The lowest BCUT2D eigenvalue weighted by Gasteiger charge is -2.15. The topological polar surface area (TPSA) is 101 Å². The van der Waals surface area contributed by atoms with Crippen LogP contribution in [0.1, 0.15) is 34.1 Å². The number of aromatic nitrogens is 2. The van der Waals surface area contributed by atoms with E-state index in [2.05, 4.69) is 66.9 Å². The van der Waals surface area contributed by atoms with Crippen molar-refractivity contribution in [3.05, 3.63) is 48.0 Å². The van der Waals surface area contributed by atoms with Crippen molar-refractivity contribution < 1.29 is 9.59 Å². The van der Waals surface area contributed by atoms with Gasteiger partial charge in [-0.25, -0.2) is 9.97 Å². The van der Waals surface area contributed by atoms with E-state index in [-0.39, 0.29) is 6.54 Å². The molecule has 0 aliphatic carbocycles. The number of likely N-dealkylation sites (N-methyl/N-ethyl adjacent to an activating group) is 1. The number of benzene rings is 1. The molecule has 2 aromatic heterocycles. The van der Waals surface area contributed by atoms with Gasteiger partial charge in [0, 0.05) is 37.8 Å². The van der Waals surface area contributed by atoms with E-state index in [1.54, 1.807) is 17.5 Å². The molecule has 184 valence electrons. The molecule has 0 saturated heterocycles. The summed E-state index contributed by atoms with van der Waals surface area (Å²) < 4.78 is 0. The van der Waals surface area contributed by atoms with Gasteiger partial charge in [0.15, 0.2) is 5.13 Å². The summed E-state index contributed by atoms with van der Waals surface area (Å²) in [6.07, 6.45) is 4.56. The Balaban J connectivity index is 0.000000489. The third-order valence-electron chi connectivity index (χ3n) is 4.85. The summed E-state index contributed by atoms with van der Waals surface area (Å²) in [4.78, 5) is 30.4. The van der Waals surface area contributed by atoms with Crippen molar-refractivity contribution >= 4 is 34.9 Å². The molecule has 0 unspecified atom stereocenters. The molecule has 0 aliphatic rings. The Hall–Kier alpha value is -3.10. The minimum Gasteiger partial charge on any atom is -0.365 e. The normalized spacial score (nSPS) is 10.2. The van der Waals surface area contributed by atoms with Crippen LogP contribution in [0.3, 0.4) is 0 Å². The van der Waals surface area contributed by atoms with E-state index in [4.69, 9.17) is 4.79 Å². The Morgan fingerprint density at radius 1 is 1.09 bits per heavy atom. The Morgan fingerprint density at radius 2 is 1.71 bits per heavy atom. The van der Waals surface area contributed by atoms with Crippen molar-refractivity contribution in [3.63, 3.8) is 0 Å². The first kappa shape index (κ1) is 28.9. The van der Waals surface area contributed by atoms with Crippen LogP contribution in [0.2, 0.25) is 0 Å². The Bertz CT molecular complexity index is 1010. The molecule has 3 N–H and O–H groups in total. The van der Waals surface area contributed by atoms with Gasteiger partial charge in [-0.2, -0.15) is 0 Å². The number of rotatable bonds is 7. The molecule has 0 aliphatic heterocycles. The van der Waals surface area contributed by atoms with Gasteiger partial charge in [0.1, 0.15) is 18.4 Å². The van der Waals surface area contributed by atoms with E-state index in [0.29, 0.717) is 18.2 Å². The van der Waals surface area contributed by atoms with Crippen LogP contribution in [-0.4, -0.2) is 49.7 Å². The van der Waals surface area contributed by atoms with E-state index in [0.717, 1.165) is 39.6 Å². The van der Waals surface area contributed by atoms with E-state index in [9.17, 15) is 4.79 Å². The number of hydrogen-bond donors (Lipinski definition) is 2. The molecule has 2 heterocycles. The Morgan fingerprint density at radius 3 is 2.24 bits per heavy atom. The minimum atomic E-state index is 0.139. The van der Waals surface area contributed by atoms with Gasteiger partial charge in [-0.3, -0.25) is 0 Å². The van der Waals surface area contributed by atoms with Gasteiger partial charge in [0.2, 0.25) is 0 Å². The highest BCUT2D eigenvalue weighted by Crippen LogP contribution is 2.29. The van der Waals surface area contributed by atoms with Crippen LogP contribution in [0.5, 0.6) is 0 Å². The molecule has 1 aromatic carbocycles. The summed E-state index contributed by atoms with van der Waals surface area (Å²) in [6, 6.07) is 12.2. The lowest BCUT2D eigenvalue weighted by molar-refractivity contribution is -0.107. The van der Waals surface area contributed by atoms with Crippen molar-refractivity contribution in [2.45, 2.75) is 34.1 Å². The van der Waals surface area contributed by atoms with Crippen molar-refractivity contribution in [2.24, 2.45) is 11.1 Å². The maximum atomic E-state index is 10.7. The average molecular weight is 484 g/mol. The summed E-state index contributed by atoms with van der Waals surface area (Å²) in [5.74, 6) is 0.774. The zero-order valence-corrected chi connectivity index (χ0v) is 21.9. The highest BCUT2D eigenvalue weighted by atomic mass is 32.1. The fraction of sp³-hybridized carbons (Fsp3) is 0.385. The van der Waals surface area contributed by atoms with Crippen LogP contribution in [0.15, 0.2) is 48.0 Å². The predicted molar refractivity (Wildman–Crippen MR) is 145 cm³/mol. The third-order valence-corrected chi connectivity index (χ3v) is 5.71. The number of hydrogen-bond acceptors (Lipinski definition) is 8. The van der Waals surface area contributed by atoms with Gasteiger partial charge >= 0.3 is 0 Å².